The molecular formula is C19H16BrN3O3. The maximum atomic E-state index is 12.3. The lowest BCUT2D eigenvalue weighted by atomic mass is 10.1. The number of carbonyl (C=O) groups is 2. The molecule has 0 aliphatic heterocycles. The zero-order chi connectivity index (χ0) is 18.5. The van der Waals surface area contributed by atoms with Gasteiger partial charge in [-0.1, -0.05) is 30.3 Å². The summed E-state index contributed by atoms with van der Waals surface area (Å²) in [5, 5.41) is 7.05. The topological polar surface area (TPSA) is 73.2 Å². The van der Waals surface area contributed by atoms with E-state index >= 15 is 0 Å². The van der Waals surface area contributed by atoms with Crippen molar-refractivity contribution >= 4 is 33.5 Å². The summed E-state index contributed by atoms with van der Waals surface area (Å²) >= 11 is 3.36. The monoisotopic (exact) mass is 413 g/mol. The van der Waals surface area contributed by atoms with E-state index in [0.29, 0.717) is 23.4 Å². The highest BCUT2D eigenvalue weighted by Crippen LogP contribution is 2.18. The van der Waals surface area contributed by atoms with Crippen LogP contribution >= 0.6 is 15.9 Å². The van der Waals surface area contributed by atoms with Gasteiger partial charge in [-0.2, -0.15) is 5.10 Å². The first-order valence-electron chi connectivity index (χ1n) is 7.83. The van der Waals surface area contributed by atoms with Crippen molar-refractivity contribution in [1.29, 1.82) is 0 Å². The summed E-state index contributed by atoms with van der Waals surface area (Å²) in [7, 11) is 1.35. The van der Waals surface area contributed by atoms with Crippen LogP contribution in [0.25, 0.3) is 0 Å². The van der Waals surface area contributed by atoms with E-state index in [1.807, 2.05) is 24.3 Å². The second kappa shape index (κ2) is 7.97. The van der Waals surface area contributed by atoms with Crippen molar-refractivity contribution < 1.29 is 14.3 Å². The highest BCUT2D eigenvalue weighted by molar-refractivity contribution is 9.10. The summed E-state index contributed by atoms with van der Waals surface area (Å²) in [6.07, 6.45) is 3.28. The first-order chi connectivity index (χ1) is 12.6. The zero-order valence-electron chi connectivity index (χ0n) is 14.0. The molecule has 0 aliphatic rings. The Balaban J connectivity index is 1.74. The maximum absolute atomic E-state index is 12.3. The van der Waals surface area contributed by atoms with Crippen LogP contribution in [0, 0.1) is 0 Å². The third-order valence-electron chi connectivity index (χ3n) is 3.76. The van der Waals surface area contributed by atoms with E-state index in [4.69, 9.17) is 4.74 Å². The lowest BCUT2D eigenvalue weighted by Crippen LogP contribution is -2.12. The van der Waals surface area contributed by atoms with Gasteiger partial charge in [0.15, 0.2) is 0 Å². The molecule has 0 saturated heterocycles. The van der Waals surface area contributed by atoms with Crippen molar-refractivity contribution in [2.24, 2.45) is 0 Å². The molecule has 3 aromatic rings. The van der Waals surface area contributed by atoms with Gasteiger partial charge in [0.1, 0.15) is 0 Å². The van der Waals surface area contributed by atoms with E-state index in [1.165, 1.54) is 7.11 Å². The second-order valence-electron chi connectivity index (χ2n) is 5.51. The lowest BCUT2D eigenvalue weighted by Gasteiger charge is -2.07. The Bertz CT molecular complexity index is 952. The Hall–Kier alpha value is -2.93. The Morgan fingerprint density at radius 2 is 1.81 bits per heavy atom. The second-order valence-corrected chi connectivity index (χ2v) is 6.36. The Labute approximate surface area is 158 Å². The van der Waals surface area contributed by atoms with Crippen molar-refractivity contribution in [2.45, 2.75) is 6.54 Å². The molecular weight excluding hydrogens is 398 g/mol. The van der Waals surface area contributed by atoms with E-state index in [2.05, 4.69) is 26.3 Å². The molecule has 3 rings (SSSR count). The highest BCUT2D eigenvalue weighted by Gasteiger charge is 2.13. The van der Waals surface area contributed by atoms with Crippen LogP contribution in [0.15, 0.2) is 65.4 Å². The fraction of sp³-hybridized carbons (Fsp3) is 0.105. The molecule has 26 heavy (non-hydrogen) atoms. The minimum atomic E-state index is -0.393. The van der Waals surface area contributed by atoms with Crippen molar-refractivity contribution in [3.63, 3.8) is 0 Å². The summed E-state index contributed by atoms with van der Waals surface area (Å²) in [5.74, 6) is -0.623. The Kier molecular flexibility index (Phi) is 5.48. The average molecular weight is 414 g/mol. The molecule has 0 unspecified atom stereocenters. The van der Waals surface area contributed by atoms with Gasteiger partial charge in [-0.15, -0.1) is 0 Å². The number of methoxy groups -OCH3 is 1. The number of halogens is 1. The third-order valence-corrected chi connectivity index (χ3v) is 4.46. The molecule has 7 heteroatoms. The third kappa shape index (κ3) is 4.00. The summed E-state index contributed by atoms with van der Waals surface area (Å²) in [4.78, 5) is 24.2. The maximum Gasteiger partial charge on any atom is 0.338 e. The number of benzene rings is 2. The molecule has 132 valence electrons. The van der Waals surface area contributed by atoms with Crippen LogP contribution in [0.5, 0.6) is 0 Å². The smallest absolute Gasteiger partial charge is 0.338 e. The number of anilines is 1. The number of carbonyl (C=O) groups excluding carboxylic acids is 2. The van der Waals surface area contributed by atoms with E-state index in [0.717, 1.165) is 10.0 Å². The van der Waals surface area contributed by atoms with Crippen molar-refractivity contribution in [1.82, 2.24) is 9.78 Å². The molecule has 0 aliphatic carbocycles. The quantitative estimate of drug-likeness (QED) is 0.646. The first kappa shape index (κ1) is 17.9. The van der Waals surface area contributed by atoms with E-state index in [-0.39, 0.29) is 5.91 Å². The van der Waals surface area contributed by atoms with Gasteiger partial charge < -0.3 is 10.1 Å². The van der Waals surface area contributed by atoms with Gasteiger partial charge in [0.25, 0.3) is 5.91 Å². The largest absolute Gasteiger partial charge is 0.465 e. The van der Waals surface area contributed by atoms with Gasteiger partial charge in [-0.05, 0) is 39.7 Å². The average Bonchev–Trinajstić information content (AvgIpc) is 3.08. The number of ether oxygens (including phenoxy) is 1. The van der Waals surface area contributed by atoms with Crippen LogP contribution in [-0.2, 0) is 11.3 Å². The molecule has 0 bridgehead atoms. The number of aromatic nitrogens is 2. The van der Waals surface area contributed by atoms with Gasteiger partial charge in [-0.3, -0.25) is 9.48 Å². The van der Waals surface area contributed by atoms with E-state index in [9.17, 15) is 9.59 Å². The molecule has 1 aromatic heterocycles. The normalized spacial score (nSPS) is 10.4. The number of rotatable bonds is 5. The molecule has 1 heterocycles. The molecule has 0 spiro atoms. The molecule has 0 radical (unpaired) electrons. The number of hydrogen-bond donors (Lipinski definition) is 1. The molecule has 2 aromatic carbocycles. The molecule has 1 N–H and O–H groups in total. The Morgan fingerprint density at radius 3 is 2.54 bits per heavy atom. The van der Waals surface area contributed by atoms with Gasteiger partial charge in [-0.25, -0.2) is 4.79 Å². The predicted octanol–water partition coefficient (Wildman–Crippen LogP) is 3.73. The number of esters is 1. The number of nitrogens with one attached hydrogen (secondary N) is 1. The van der Waals surface area contributed by atoms with Crippen molar-refractivity contribution in [3.8, 4) is 0 Å². The molecule has 1 amide bonds. The fourth-order valence-electron chi connectivity index (χ4n) is 2.50. The first-order valence-corrected chi connectivity index (χ1v) is 8.62. The zero-order valence-corrected chi connectivity index (χ0v) is 15.6. The van der Waals surface area contributed by atoms with Crippen LogP contribution in [-0.4, -0.2) is 28.8 Å². The van der Waals surface area contributed by atoms with Crippen molar-refractivity contribution in [3.05, 3.63) is 82.1 Å². The van der Waals surface area contributed by atoms with Crippen molar-refractivity contribution in [2.75, 3.05) is 12.4 Å². The standard InChI is InChI=1S/C19H16BrN3O3/c1-26-19(25)15-7-3-2-6-13(15)11-23-12-14(10-21-23)22-18(24)16-8-4-5-9-17(16)20/h2-10,12H,11H2,1H3,(H,22,24). The molecule has 6 nitrogen and oxygen atoms in total. The van der Waals surface area contributed by atoms with E-state index < -0.39 is 5.97 Å². The fourth-order valence-corrected chi connectivity index (χ4v) is 2.97. The molecule has 0 fully saturated rings. The van der Waals surface area contributed by atoms with Gasteiger partial charge in [0.2, 0.25) is 0 Å². The number of hydrogen-bond acceptors (Lipinski definition) is 4. The highest BCUT2D eigenvalue weighted by atomic mass is 79.9. The minimum Gasteiger partial charge on any atom is -0.465 e. The van der Waals surface area contributed by atoms with Gasteiger partial charge >= 0.3 is 5.97 Å². The predicted molar refractivity (Wildman–Crippen MR) is 101 cm³/mol. The SMILES string of the molecule is COC(=O)c1ccccc1Cn1cc(NC(=O)c2ccccc2Br)cn1. The Morgan fingerprint density at radius 1 is 1.12 bits per heavy atom. The number of amides is 1. The molecule has 0 saturated carbocycles. The minimum absolute atomic E-state index is 0.230. The molecule has 0 atom stereocenters. The summed E-state index contributed by atoms with van der Waals surface area (Å²) < 4.78 is 7.17. The van der Waals surface area contributed by atoms with Gasteiger partial charge in [0.05, 0.1) is 36.7 Å². The summed E-state index contributed by atoms with van der Waals surface area (Å²) in [6, 6.07) is 14.4. The van der Waals surface area contributed by atoms with E-state index in [1.54, 1.807) is 41.3 Å². The lowest BCUT2D eigenvalue weighted by molar-refractivity contribution is 0.0599. The summed E-state index contributed by atoms with van der Waals surface area (Å²) in [5.41, 5.74) is 2.38. The van der Waals surface area contributed by atoms with Crippen LogP contribution in [0.4, 0.5) is 5.69 Å². The van der Waals surface area contributed by atoms with Crippen LogP contribution in [0.3, 0.4) is 0 Å². The van der Waals surface area contributed by atoms with Gasteiger partial charge in [0, 0.05) is 10.7 Å². The van der Waals surface area contributed by atoms with Crippen LogP contribution in [0.2, 0.25) is 0 Å². The summed E-state index contributed by atoms with van der Waals surface area (Å²) in [6.45, 7) is 0.385. The number of nitrogens with zero attached hydrogens (tertiary/aromatic N) is 2. The van der Waals surface area contributed by atoms with Crippen LogP contribution < -0.4 is 5.32 Å². The van der Waals surface area contributed by atoms with Crippen LogP contribution in [0.1, 0.15) is 26.3 Å².